The van der Waals surface area contributed by atoms with Crippen molar-refractivity contribution in [2.45, 2.75) is 27.2 Å². The molecule has 0 amide bonds. The zero-order valence-corrected chi connectivity index (χ0v) is 10.9. The molecule has 3 N–H and O–H groups in total. The normalized spacial score (nSPS) is 10.4. The van der Waals surface area contributed by atoms with Crippen LogP contribution in [0, 0.1) is 13.8 Å². The van der Waals surface area contributed by atoms with Crippen LogP contribution >= 0.6 is 0 Å². The van der Waals surface area contributed by atoms with E-state index in [1.807, 2.05) is 26.0 Å². The van der Waals surface area contributed by atoms with Crippen molar-refractivity contribution < 1.29 is 0 Å². The Hall–Kier alpha value is -2.01. The third-order valence-corrected chi connectivity index (χ3v) is 2.84. The van der Waals surface area contributed by atoms with Crippen LogP contribution in [-0.2, 0) is 6.42 Å². The van der Waals surface area contributed by atoms with E-state index in [1.165, 1.54) is 0 Å². The van der Waals surface area contributed by atoms with Crippen LogP contribution in [0.5, 0.6) is 0 Å². The summed E-state index contributed by atoms with van der Waals surface area (Å²) in [6.07, 6.45) is 2.64. The van der Waals surface area contributed by atoms with Gasteiger partial charge in [-0.3, -0.25) is 4.98 Å². The Kier molecular flexibility index (Phi) is 3.53. The number of anilines is 1. The van der Waals surface area contributed by atoms with Gasteiger partial charge >= 0.3 is 0 Å². The Morgan fingerprint density at radius 1 is 1.22 bits per heavy atom. The van der Waals surface area contributed by atoms with Gasteiger partial charge in [-0.2, -0.15) is 0 Å². The number of nitrogens with one attached hydrogen (secondary N) is 1. The van der Waals surface area contributed by atoms with E-state index in [4.69, 9.17) is 5.84 Å². The second kappa shape index (κ2) is 5.10. The minimum Gasteiger partial charge on any atom is -0.308 e. The number of nitrogens with zero attached hydrogens (tertiary/aromatic N) is 3. The molecule has 0 aliphatic heterocycles. The van der Waals surface area contributed by atoms with Gasteiger partial charge in [0.05, 0.1) is 0 Å². The molecule has 0 aliphatic carbocycles. The van der Waals surface area contributed by atoms with Gasteiger partial charge in [0.1, 0.15) is 11.5 Å². The molecule has 5 heteroatoms. The molecular weight excluding hydrogens is 226 g/mol. The lowest BCUT2D eigenvalue weighted by atomic mass is 10.1. The summed E-state index contributed by atoms with van der Waals surface area (Å²) < 4.78 is 0. The highest BCUT2D eigenvalue weighted by Gasteiger charge is 2.11. The van der Waals surface area contributed by atoms with Crippen molar-refractivity contribution >= 4 is 5.82 Å². The van der Waals surface area contributed by atoms with E-state index < -0.39 is 0 Å². The fourth-order valence-corrected chi connectivity index (χ4v) is 1.85. The Labute approximate surface area is 106 Å². The largest absolute Gasteiger partial charge is 0.308 e. The summed E-state index contributed by atoms with van der Waals surface area (Å²) in [4.78, 5) is 13.2. The van der Waals surface area contributed by atoms with Crippen LogP contribution in [-0.4, -0.2) is 15.0 Å². The number of nitrogen functional groups attached to an aromatic ring is 1. The molecule has 0 saturated heterocycles. The van der Waals surface area contributed by atoms with Crippen LogP contribution in [0.15, 0.2) is 18.3 Å². The van der Waals surface area contributed by atoms with Crippen LogP contribution in [0.3, 0.4) is 0 Å². The average molecular weight is 243 g/mol. The molecule has 0 aromatic carbocycles. The number of aromatic nitrogens is 3. The summed E-state index contributed by atoms with van der Waals surface area (Å²) in [5.41, 5.74) is 6.46. The maximum absolute atomic E-state index is 5.51. The summed E-state index contributed by atoms with van der Waals surface area (Å²) in [6.45, 7) is 6.01. The van der Waals surface area contributed by atoms with E-state index in [-0.39, 0.29) is 0 Å². The number of hydrogen-bond donors (Lipinski definition) is 2. The fourth-order valence-electron chi connectivity index (χ4n) is 1.85. The number of aryl methyl sites for hydroxylation is 2. The van der Waals surface area contributed by atoms with Gasteiger partial charge in [-0.1, -0.05) is 13.0 Å². The summed E-state index contributed by atoms with van der Waals surface area (Å²) in [6, 6.07) is 3.90. The fraction of sp³-hybridized carbons (Fsp3) is 0.308. The minimum atomic E-state index is 0.595. The quantitative estimate of drug-likeness (QED) is 0.637. The van der Waals surface area contributed by atoms with Gasteiger partial charge in [-0.15, -0.1) is 0 Å². The SMILES string of the molecule is CCc1c(C)nc(-c2ccc(C)cn2)nc1NN. The first-order chi connectivity index (χ1) is 8.65. The molecule has 2 aromatic rings. The van der Waals surface area contributed by atoms with E-state index in [0.29, 0.717) is 11.6 Å². The first-order valence-electron chi connectivity index (χ1n) is 5.92. The van der Waals surface area contributed by atoms with Crippen molar-refractivity contribution in [3.63, 3.8) is 0 Å². The van der Waals surface area contributed by atoms with Gasteiger partial charge in [-0.05, 0) is 31.9 Å². The van der Waals surface area contributed by atoms with Gasteiger partial charge in [-0.25, -0.2) is 15.8 Å². The summed E-state index contributed by atoms with van der Waals surface area (Å²) >= 11 is 0. The third-order valence-electron chi connectivity index (χ3n) is 2.84. The molecule has 5 nitrogen and oxygen atoms in total. The molecule has 0 atom stereocenters. The maximum Gasteiger partial charge on any atom is 0.180 e. The first kappa shape index (κ1) is 12.4. The van der Waals surface area contributed by atoms with Gasteiger partial charge < -0.3 is 5.43 Å². The van der Waals surface area contributed by atoms with Crippen LogP contribution in [0.25, 0.3) is 11.5 Å². The maximum atomic E-state index is 5.51. The van der Waals surface area contributed by atoms with Crippen LogP contribution < -0.4 is 11.3 Å². The number of nitrogens with two attached hydrogens (primary N) is 1. The van der Waals surface area contributed by atoms with Gasteiger partial charge in [0, 0.05) is 17.5 Å². The second-order valence-electron chi connectivity index (χ2n) is 4.18. The first-order valence-corrected chi connectivity index (χ1v) is 5.92. The highest BCUT2D eigenvalue weighted by Crippen LogP contribution is 2.20. The van der Waals surface area contributed by atoms with Crippen LogP contribution in [0.2, 0.25) is 0 Å². The predicted octanol–water partition coefficient (Wildman–Crippen LogP) is 2.00. The minimum absolute atomic E-state index is 0.595. The van der Waals surface area contributed by atoms with Crippen molar-refractivity contribution in [2.24, 2.45) is 5.84 Å². The lowest BCUT2D eigenvalue weighted by Crippen LogP contribution is -2.13. The molecule has 0 unspecified atom stereocenters. The molecule has 2 rings (SSSR count). The van der Waals surface area contributed by atoms with Crippen molar-refractivity contribution in [1.29, 1.82) is 0 Å². The molecule has 18 heavy (non-hydrogen) atoms. The molecule has 0 radical (unpaired) electrons. The zero-order valence-electron chi connectivity index (χ0n) is 10.9. The lowest BCUT2D eigenvalue weighted by Gasteiger charge is -2.11. The Morgan fingerprint density at radius 3 is 2.56 bits per heavy atom. The van der Waals surface area contributed by atoms with Gasteiger partial charge in [0.15, 0.2) is 5.82 Å². The molecular formula is C13H17N5. The van der Waals surface area contributed by atoms with E-state index in [2.05, 4.69) is 27.3 Å². The Bertz CT molecular complexity index is 548. The summed E-state index contributed by atoms with van der Waals surface area (Å²) in [5.74, 6) is 6.77. The van der Waals surface area contributed by atoms with E-state index in [9.17, 15) is 0 Å². The number of hydrogen-bond acceptors (Lipinski definition) is 5. The molecule has 2 heterocycles. The monoisotopic (exact) mass is 243 g/mol. The topological polar surface area (TPSA) is 76.7 Å². The average Bonchev–Trinajstić information content (AvgIpc) is 2.38. The lowest BCUT2D eigenvalue weighted by molar-refractivity contribution is 0.988. The smallest absolute Gasteiger partial charge is 0.180 e. The van der Waals surface area contributed by atoms with E-state index in [0.717, 1.165) is 28.9 Å². The van der Waals surface area contributed by atoms with Crippen LogP contribution in [0.1, 0.15) is 23.7 Å². The highest BCUT2D eigenvalue weighted by molar-refractivity contribution is 5.56. The number of hydrazine groups is 1. The van der Waals surface area contributed by atoms with Crippen LogP contribution in [0.4, 0.5) is 5.82 Å². The molecule has 0 fully saturated rings. The van der Waals surface area contributed by atoms with Crippen molar-refractivity contribution in [2.75, 3.05) is 5.43 Å². The van der Waals surface area contributed by atoms with Crippen molar-refractivity contribution in [3.8, 4) is 11.5 Å². The van der Waals surface area contributed by atoms with E-state index >= 15 is 0 Å². The summed E-state index contributed by atoms with van der Waals surface area (Å²) in [5, 5.41) is 0. The number of pyridine rings is 1. The Balaban J connectivity index is 2.52. The molecule has 0 saturated carbocycles. The number of rotatable bonds is 3. The molecule has 2 aromatic heterocycles. The van der Waals surface area contributed by atoms with Crippen molar-refractivity contribution in [3.05, 3.63) is 35.2 Å². The Morgan fingerprint density at radius 2 is 2.00 bits per heavy atom. The van der Waals surface area contributed by atoms with E-state index in [1.54, 1.807) is 6.20 Å². The van der Waals surface area contributed by atoms with Gasteiger partial charge in [0.2, 0.25) is 0 Å². The highest BCUT2D eigenvalue weighted by atomic mass is 15.3. The second-order valence-corrected chi connectivity index (χ2v) is 4.18. The standard InChI is InChI=1S/C13H17N5/c1-4-10-9(3)16-13(17-12(10)18-14)11-6-5-8(2)7-15-11/h5-7H,4,14H2,1-3H3,(H,16,17,18). The molecule has 94 valence electrons. The zero-order chi connectivity index (χ0) is 13.1. The summed E-state index contributed by atoms with van der Waals surface area (Å²) in [7, 11) is 0. The predicted molar refractivity (Wildman–Crippen MR) is 71.9 cm³/mol. The molecule has 0 aliphatic rings. The van der Waals surface area contributed by atoms with Crippen molar-refractivity contribution in [1.82, 2.24) is 15.0 Å². The van der Waals surface area contributed by atoms with Gasteiger partial charge in [0.25, 0.3) is 0 Å². The third kappa shape index (κ3) is 2.31. The molecule has 0 spiro atoms. The molecule has 0 bridgehead atoms.